The van der Waals surface area contributed by atoms with Crippen LogP contribution in [-0.2, 0) is 6.54 Å². The molecule has 3 aromatic heterocycles. The highest BCUT2D eigenvalue weighted by atomic mass is 35.7. The minimum atomic E-state index is -4.94. The summed E-state index contributed by atoms with van der Waals surface area (Å²) in [5.74, 6) is 1.33. The molecule has 4 aromatic rings. The quantitative estimate of drug-likeness (QED) is 0.0746. The number of anilines is 1. The molecule has 12 nitrogen and oxygen atoms in total. The van der Waals surface area contributed by atoms with Gasteiger partial charge in [-0.2, -0.15) is 4.98 Å². The predicted octanol–water partition coefficient (Wildman–Crippen LogP) is 1.03. The number of rotatable bonds is 15. The first-order valence-electron chi connectivity index (χ1n) is 15.1. The highest BCUT2D eigenvalue weighted by molar-refractivity contribution is 7.78. The second-order valence-electron chi connectivity index (χ2n) is 10.4. The molecule has 0 atom stereocenters. The SMILES string of the molecule is S=C=NCCCCCN1C=CC=c2o/c(=C\C(=C/c3nc4c(ccc[n+]4CCCCCN=C=S)o3)c3ccccc3)nc21.[O-][Cl+3]([O-])([O-])[O-]. The van der Waals surface area contributed by atoms with Crippen molar-refractivity contribution in [3.05, 3.63) is 83.4 Å². The predicted molar refractivity (Wildman–Crippen MR) is 177 cm³/mol. The van der Waals surface area contributed by atoms with E-state index in [0.717, 1.165) is 98.3 Å². The molecule has 0 saturated carbocycles. The maximum atomic E-state index is 8.49. The highest BCUT2D eigenvalue weighted by Gasteiger charge is 2.18. The lowest BCUT2D eigenvalue weighted by Crippen LogP contribution is -2.68. The van der Waals surface area contributed by atoms with Crippen LogP contribution in [0.5, 0.6) is 0 Å². The van der Waals surface area contributed by atoms with Crippen LogP contribution in [0.3, 0.4) is 0 Å². The lowest BCUT2D eigenvalue weighted by atomic mass is 10.1. The van der Waals surface area contributed by atoms with Gasteiger partial charge >= 0.3 is 11.5 Å². The van der Waals surface area contributed by atoms with E-state index in [1.54, 1.807) is 0 Å². The molecule has 0 unspecified atom stereocenters. The molecular weight excluding hydrogens is 676 g/mol. The molecule has 0 bridgehead atoms. The van der Waals surface area contributed by atoms with E-state index in [2.05, 4.69) is 66.3 Å². The zero-order valence-corrected chi connectivity index (χ0v) is 28.3. The van der Waals surface area contributed by atoms with Crippen molar-refractivity contribution in [2.75, 3.05) is 24.5 Å². The molecule has 1 aliphatic rings. The summed E-state index contributed by atoms with van der Waals surface area (Å²) in [7, 11) is -4.94. The standard InChI is InChI=1S/C33H33N6O2S2.ClHO4/c42-24-34-16-6-2-8-18-38-20-10-14-28-32(38)36-30(40-28)22-27(26-12-4-1-5-13-26)23-31-37-33-29(41-31)15-11-21-39(33)19-9-3-7-17-35-25-43;2-1(3,4)5/h1,4-5,10-15,20-23H,2-3,6-9,16-19H2;(H,2,3,4,5)/q+1;/p-1. The van der Waals surface area contributed by atoms with Crippen LogP contribution < -0.4 is 39.1 Å². The largest absolute Gasteiger partial charge is 0.435 e. The number of halogens is 1. The van der Waals surface area contributed by atoms with Crippen molar-refractivity contribution in [3.63, 3.8) is 0 Å². The monoisotopic (exact) mass is 708 g/mol. The number of fused-ring (bicyclic) bond motifs is 2. The van der Waals surface area contributed by atoms with E-state index < -0.39 is 10.2 Å². The van der Waals surface area contributed by atoms with Crippen LogP contribution in [-0.4, -0.2) is 39.9 Å². The molecule has 15 heteroatoms. The Kier molecular flexibility index (Phi) is 14.5. The number of benzene rings is 1. The number of oxazole rings is 2. The molecule has 4 heterocycles. The highest BCUT2D eigenvalue weighted by Crippen LogP contribution is 2.22. The van der Waals surface area contributed by atoms with Crippen molar-refractivity contribution in [3.8, 4) is 0 Å². The van der Waals surface area contributed by atoms with Crippen LogP contribution in [0, 0.1) is 10.2 Å². The van der Waals surface area contributed by atoms with Gasteiger partial charge in [0.15, 0.2) is 11.2 Å². The van der Waals surface area contributed by atoms with E-state index in [-0.39, 0.29) is 0 Å². The zero-order chi connectivity index (χ0) is 34.2. The van der Waals surface area contributed by atoms with Crippen LogP contribution >= 0.6 is 24.4 Å². The van der Waals surface area contributed by atoms with Gasteiger partial charge in [-0.25, -0.2) is 33.2 Å². The Hall–Kier alpha value is -4.20. The number of aliphatic imine (C=N–C) groups is 2. The average Bonchev–Trinajstić information content (AvgIpc) is 3.68. The van der Waals surface area contributed by atoms with Crippen LogP contribution in [0.2, 0.25) is 0 Å². The molecule has 250 valence electrons. The van der Waals surface area contributed by atoms with Crippen molar-refractivity contribution in [2.24, 2.45) is 9.98 Å². The van der Waals surface area contributed by atoms with Crippen molar-refractivity contribution in [1.82, 2.24) is 9.97 Å². The van der Waals surface area contributed by atoms with Gasteiger partial charge in [-0.05, 0) is 98.4 Å². The number of allylic oxidation sites excluding steroid dienone is 2. The fourth-order valence-electron chi connectivity index (χ4n) is 4.90. The summed E-state index contributed by atoms with van der Waals surface area (Å²) < 4.78 is 48.5. The average molecular weight is 709 g/mol. The minimum Gasteiger partial charge on any atom is -0.435 e. The first-order valence-corrected chi connectivity index (χ1v) is 17.2. The summed E-state index contributed by atoms with van der Waals surface area (Å²) in [4.78, 5) is 19.8. The lowest BCUT2D eigenvalue weighted by molar-refractivity contribution is -2.00. The number of aromatic nitrogens is 3. The van der Waals surface area contributed by atoms with E-state index in [0.29, 0.717) is 11.4 Å². The molecule has 0 radical (unpaired) electrons. The first kappa shape index (κ1) is 36.6. The molecule has 0 fully saturated rings. The number of hydrogen-bond acceptors (Lipinski definition) is 13. The summed E-state index contributed by atoms with van der Waals surface area (Å²) >= 11 is 9.29. The number of unbranched alkanes of at least 4 members (excludes halogenated alkanes) is 4. The van der Waals surface area contributed by atoms with Crippen LogP contribution in [0.25, 0.3) is 35.0 Å². The lowest BCUT2D eigenvalue weighted by Gasteiger charge is -2.18. The third kappa shape index (κ3) is 12.1. The van der Waals surface area contributed by atoms with Crippen molar-refractivity contribution >= 4 is 75.6 Å². The smallest absolute Gasteiger partial charge is 0.370 e. The maximum Gasteiger partial charge on any atom is 0.370 e. The van der Waals surface area contributed by atoms with Crippen LogP contribution in [0.15, 0.2) is 79.8 Å². The fraction of sp³-hybridized carbons (Fsp3) is 0.303. The molecule has 0 amide bonds. The normalized spacial score (nSPS) is 12.9. The number of hydrogen-bond donors (Lipinski definition) is 0. The van der Waals surface area contributed by atoms with E-state index in [1.807, 2.05) is 67.0 Å². The molecule has 48 heavy (non-hydrogen) atoms. The third-order valence-corrected chi connectivity index (χ3v) is 7.26. The van der Waals surface area contributed by atoms with Gasteiger partial charge in [0.2, 0.25) is 11.1 Å². The summed E-state index contributed by atoms with van der Waals surface area (Å²) in [5, 5.41) is 4.85. The molecule has 5 rings (SSSR count). The van der Waals surface area contributed by atoms with E-state index in [1.165, 1.54) is 0 Å². The van der Waals surface area contributed by atoms with Gasteiger partial charge in [0.1, 0.15) is 0 Å². The second-order valence-corrected chi connectivity index (χ2v) is 11.6. The molecule has 0 spiro atoms. The number of aryl methyl sites for hydroxylation is 1. The van der Waals surface area contributed by atoms with Gasteiger partial charge in [-0.15, -0.1) is 10.2 Å². The molecule has 0 N–H and O–H groups in total. The maximum absolute atomic E-state index is 8.49. The van der Waals surface area contributed by atoms with E-state index in [9.17, 15) is 0 Å². The van der Waals surface area contributed by atoms with Gasteiger partial charge in [-0.3, -0.25) is 0 Å². The molecule has 0 aliphatic carbocycles. The fourth-order valence-corrected chi connectivity index (χ4v) is 5.08. The summed E-state index contributed by atoms with van der Waals surface area (Å²) in [6, 6.07) is 14.0. The first-order chi connectivity index (χ1) is 23.2. The molecule has 0 saturated heterocycles. The van der Waals surface area contributed by atoms with Gasteiger partial charge in [0.25, 0.3) is 0 Å². The topological polar surface area (TPSA) is 176 Å². The zero-order valence-electron chi connectivity index (χ0n) is 25.9. The van der Waals surface area contributed by atoms with Gasteiger partial charge < -0.3 is 13.7 Å². The van der Waals surface area contributed by atoms with Crippen molar-refractivity contribution in [1.29, 1.82) is 0 Å². The van der Waals surface area contributed by atoms with Gasteiger partial charge in [0.05, 0.1) is 23.1 Å². The summed E-state index contributed by atoms with van der Waals surface area (Å²) in [6.45, 7) is 3.13. The van der Waals surface area contributed by atoms with E-state index >= 15 is 0 Å². The minimum absolute atomic E-state index is 0.518. The number of nitrogens with zero attached hydrogens (tertiary/aromatic N) is 6. The van der Waals surface area contributed by atoms with Crippen molar-refractivity contribution in [2.45, 2.75) is 45.1 Å². The number of pyridine rings is 1. The van der Waals surface area contributed by atoms with Crippen LogP contribution in [0.1, 0.15) is 50.0 Å². The Bertz CT molecular complexity index is 1920. The van der Waals surface area contributed by atoms with Gasteiger partial charge in [0, 0.05) is 43.0 Å². The number of isothiocyanates is 2. The molecular formula is C33H33ClN6O6S2. The Morgan fingerprint density at radius 2 is 1.60 bits per heavy atom. The Morgan fingerprint density at radius 3 is 2.31 bits per heavy atom. The Labute approximate surface area is 289 Å². The summed E-state index contributed by atoms with van der Waals surface area (Å²) in [6.07, 6.45) is 18.0. The third-order valence-electron chi connectivity index (χ3n) is 7.01. The van der Waals surface area contributed by atoms with Gasteiger partial charge in [-0.1, -0.05) is 30.3 Å². The second kappa shape index (κ2) is 19.0. The molecule has 1 aliphatic heterocycles. The summed E-state index contributed by atoms with van der Waals surface area (Å²) in [5.41, 5.74) is 4.70. The van der Waals surface area contributed by atoms with E-state index in [4.69, 9.17) is 37.4 Å². The molecule has 1 aromatic carbocycles. The number of thiocarbonyl (C=S) groups is 2. The Balaban J connectivity index is 0.000000968. The van der Waals surface area contributed by atoms with Crippen LogP contribution in [0.4, 0.5) is 5.82 Å². The Morgan fingerprint density at radius 1 is 0.896 bits per heavy atom. The van der Waals surface area contributed by atoms with Crippen molar-refractivity contribution < 1.29 is 42.3 Å².